The number of hydrogen-bond acceptors (Lipinski definition) is 4. The highest BCUT2D eigenvalue weighted by Crippen LogP contribution is 1.91. The lowest BCUT2D eigenvalue weighted by molar-refractivity contribution is -0.120. The molecule has 0 aliphatic rings. The van der Waals surface area contributed by atoms with Gasteiger partial charge in [0.15, 0.2) is 0 Å². The van der Waals surface area contributed by atoms with Crippen LogP contribution in [0.25, 0.3) is 0 Å². The van der Waals surface area contributed by atoms with E-state index in [4.69, 9.17) is 0 Å². The van der Waals surface area contributed by atoms with E-state index < -0.39 is 0 Å². The average Bonchev–Trinajstić information content (AvgIpc) is 2.53. The highest BCUT2D eigenvalue weighted by molar-refractivity contribution is 5.77. The first-order valence-corrected chi connectivity index (χ1v) is 3.63. The van der Waals surface area contributed by atoms with Gasteiger partial charge in [-0.25, -0.2) is 0 Å². The molecular formula is C7H11N3O2. The zero-order valence-electron chi connectivity index (χ0n) is 6.83. The van der Waals surface area contributed by atoms with Crippen molar-refractivity contribution in [1.29, 1.82) is 0 Å². The van der Waals surface area contributed by atoms with Gasteiger partial charge in [0.2, 0.25) is 5.91 Å². The molecule has 2 N–H and O–H groups in total. The molecule has 5 nitrogen and oxygen atoms in total. The third-order valence-corrected chi connectivity index (χ3v) is 1.30. The Balaban J connectivity index is 2.22. The summed E-state index contributed by atoms with van der Waals surface area (Å²) in [5.74, 6) is -0.0551. The van der Waals surface area contributed by atoms with E-state index in [1.807, 2.05) is 0 Å². The fourth-order valence-corrected chi connectivity index (χ4v) is 0.741. The Hall–Kier alpha value is -1.36. The number of likely N-dealkylation sites (N-methyl/N-ethyl adjacent to an activating group) is 1. The third-order valence-electron chi connectivity index (χ3n) is 1.30. The van der Waals surface area contributed by atoms with Crippen molar-refractivity contribution in [1.82, 2.24) is 15.8 Å². The Kier molecular flexibility index (Phi) is 3.28. The van der Waals surface area contributed by atoms with Gasteiger partial charge in [0.05, 0.1) is 13.1 Å². The summed E-state index contributed by atoms with van der Waals surface area (Å²) in [5.41, 5.74) is 0.722. The first-order valence-electron chi connectivity index (χ1n) is 3.63. The summed E-state index contributed by atoms with van der Waals surface area (Å²) in [7, 11) is 1.72. The summed E-state index contributed by atoms with van der Waals surface area (Å²) in [6, 6.07) is 1.71. The summed E-state index contributed by atoms with van der Waals surface area (Å²) in [6.07, 6.45) is 1.47. The van der Waals surface area contributed by atoms with Gasteiger partial charge >= 0.3 is 0 Å². The van der Waals surface area contributed by atoms with Crippen molar-refractivity contribution in [3.05, 3.63) is 18.0 Å². The molecule has 1 aromatic heterocycles. The topological polar surface area (TPSA) is 67.2 Å². The molecule has 0 saturated heterocycles. The van der Waals surface area contributed by atoms with Crippen LogP contribution in [0, 0.1) is 0 Å². The standard InChI is InChI=1S/C7H11N3O2/c1-8-5-7(11)9-4-6-2-3-12-10-6/h2-3,8H,4-5H2,1H3,(H,9,11). The van der Waals surface area contributed by atoms with Crippen LogP contribution in [0.3, 0.4) is 0 Å². The van der Waals surface area contributed by atoms with Gasteiger partial charge in [-0.3, -0.25) is 4.79 Å². The summed E-state index contributed by atoms with van der Waals surface area (Å²) >= 11 is 0. The fourth-order valence-electron chi connectivity index (χ4n) is 0.741. The zero-order valence-corrected chi connectivity index (χ0v) is 6.83. The van der Waals surface area contributed by atoms with E-state index in [0.29, 0.717) is 13.1 Å². The zero-order chi connectivity index (χ0) is 8.81. The van der Waals surface area contributed by atoms with Gasteiger partial charge in [0, 0.05) is 6.07 Å². The molecule has 0 atom stereocenters. The van der Waals surface area contributed by atoms with Crippen molar-refractivity contribution in [2.45, 2.75) is 6.54 Å². The molecule has 0 aliphatic heterocycles. The molecule has 0 bridgehead atoms. The van der Waals surface area contributed by atoms with E-state index in [1.165, 1.54) is 6.26 Å². The van der Waals surface area contributed by atoms with Crippen molar-refractivity contribution in [3.8, 4) is 0 Å². The summed E-state index contributed by atoms with van der Waals surface area (Å²) in [5, 5.41) is 9.04. The van der Waals surface area contributed by atoms with Crippen molar-refractivity contribution < 1.29 is 9.32 Å². The Bertz CT molecular complexity index is 233. The molecule has 0 fully saturated rings. The maximum absolute atomic E-state index is 10.9. The van der Waals surface area contributed by atoms with Crippen LogP contribution in [0.15, 0.2) is 16.9 Å². The summed E-state index contributed by atoms with van der Waals surface area (Å²) in [6.45, 7) is 0.731. The Morgan fingerprint density at radius 2 is 2.58 bits per heavy atom. The molecule has 1 amide bonds. The lowest BCUT2D eigenvalue weighted by atomic mass is 10.4. The largest absolute Gasteiger partial charge is 0.364 e. The Morgan fingerprint density at radius 1 is 1.75 bits per heavy atom. The maximum atomic E-state index is 10.9. The Morgan fingerprint density at radius 3 is 3.17 bits per heavy atom. The van der Waals surface area contributed by atoms with E-state index >= 15 is 0 Å². The third kappa shape index (κ3) is 2.71. The number of hydrogen-bond donors (Lipinski definition) is 2. The highest BCUT2D eigenvalue weighted by atomic mass is 16.5. The lowest BCUT2D eigenvalue weighted by Gasteiger charge is -2.00. The number of carbonyl (C=O) groups is 1. The van der Waals surface area contributed by atoms with Crippen LogP contribution in [0.2, 0.25) is 0 Å². The van der Waals surface area contributed by atoms with Gasteiger partial charge in [-0.2, -0.15) is 0 Å². The number of aromatic nitrogens is 1. The van der Waals surface area contributed by atoms with E-state index in [2.05, 4.69) is 20.3 Å². The number of rotatable bonds is 4. The second kappa shape index (κ2) is 4.50. The molecule has 0 saturated carbocycles. The first kappa shape index (κ1) is 8.73. The van der Waals surface area contributed by atoms with Gasteiger partial charge in [-0.05, 0) is 7.05 Å². The molecule has 0 spiro atoms. The SMILES string of the molecule is CNCC(=O)NCc1ccon1. The molecular weight excluding hydrogens is 158 g/mol. The molecule has 0 unspecified atom stereocenters. The van der Waals surface area contributed by atoms with Crippen LogP contribution in [-0.2, 0) is 11.3 Å². The normalized spacial score (nSPS) is 9.75. The van der Waals surface area contributed by atoms with Crippen LogP contribution >= 0.6 is 0 Å². The predicted molar refractivity (Wildman–Crippen MR) is 42.3 cm³/mol. The molecule has 1 heterocycles. The molecule has 1 rings (SSSR count). The van der Waals surface area contributed by atoms with Crippen LogP contribution in [-0.4, -0.2) is 24.7 Å². The summed E-state index contributed by atoms with van der Waals surface area (Å²) < 4.78 is 4.59. The minimum atomic E-state index is -0.0551. The van der Waals surface area contributed by atoms with Gasteiger partial charge in [0.25, 0.3) is 0 Å². The maximum Gasteiger partial charge on any atom is 0.234 e. The number of amides is 1. The van der Waals surface area contributed by atoms with Gasteiger partial charge in [-0.1, -0.05) is 5.16 Å². The van der Waals surface area contributed by atoms with E-state index in [9.17, 15) is 4.79 Å². The molecule has 0 radical (unpaired) electrons. The molecule has 5 heteroatoms. The van der Waals surface area contributed by atoms with Crippen LogP contribution in [0.5, 0.6) is 0 Å². The first-order chi connectivity index (χ1) is 5.83. The van der Waals surface area contributed by atoms with Gasteiger partial charge in [-0.15, -0.1) is 0 Å². The van der Waals surface area contributed by atoms with Crippen LogP contribution in [0.4, 0.5) is 0 Å². The van der Waals surface area contributed by atoms with E-state index in [1.54, 1.807) is 13.1 Å². The minimum Gasteiger partial charge on any atom is -0.364 e. The van der Waals surface area contributed by atoms with Crippen molar-refractivity contribution in [2.24, 2.45) is 0 Å². The van der Waals surface area contributed by atoms with Crippen molar-refractivity contribution in [2.75, 3.05) is 13.6 Å². The highest BCUT2D eigenvalue weighted by Gasteiger charge is 2.00. The van der Waals surface area contributed by atoms with E-state index in [0.717, 1.165) is 5.69 Å². The lowest BCUT2D eigenvalue weighted by Crippen LogP contribution is -2.31. The second-order valence-corrected chi connectivity index (χ2v) is 2.30. The predicted octanol–water partition coefficient (Wildman–Crippen LogP) is -0.490. The van der Waals surface area contributed by atoms with E-state index in [-0.39, 0.29) is 5.91 Å². The number of carbonyl (C=O) groups excluding carboxylic acids is 1. The molecule has 0 aromatic carbocycles. The molecule has 12 heavy (non-hydrogen) atoms. The van der Waals surface area contributed by atoms with Gasteiger partial charge < -0.3 is 15.2 Å². The summed E-state index contributed by atoms with van der Waals surface area (Å²) in [4.78, 5) is 10.9. The van der Waals surface area contributed by atoms with Crippen LogP contribution < -0.4 is 10.6 Å². The number of nitrogens with zero attached hydrogens (tertiary/aromatic N) is 1. The van der Waals surface area contributed by atoms with Crippen molar-refractivity contribution >= 4 is 5.91 Å². The quantitative estimate of drug-likeness (QED) is 0.638. The molecule has 66 valence electrons. The minimum absolute atomic E-state index is 0.0551. The smallest absolute Gasteiger partial charge is 0.234 e. The fraction of sp³-hybridized carbons (Fsp3) is 0.429. The molecule has 1 aromatic rings. The van der Waals surface area contributed by atoms with Crippen LogP contribution in [0.1, 0.15) is 5.69 Å². The monoisotopic (exact) mass is 169 g/mol. The number of nitrogens with one attached hydrogen (secondary N) is 2. The van der Waals surface area contributed by atoms with Gasteiger partial charge in [0.1, 0.15) is 12.0 Å². The van der Waals surface area contributed by atoms with Crippen molar-refractivity contribution in [3.63, 3.8) is 0 Å². The second-order valence-electron chi connectivity index (χ2n) is 2.30. The Labute approximate surface area is 70.1 Å². The average molecular weight is 169 g/mol. The molecule has 0 aliphatic carbocycles.